The first kappa shape index (κ1) is 9.26. The molecule has 0 aliphatic rings. The maximum absolute atomic E-state index is 9.78. The SMILES string of the molecule is CCC(CC)C(O)c1ncc[nH]1. The molecular formula is C9H16N2O. The highest BCUT2D eigenvalue weighted by atomic mass is 16.3. The van der Waals surface area contributed by atoms with E-state index >= 15 is 0 Å². The van der Waals surface area contributed by atoms with Crippen LogP contribution in [0.1, 0.15) is 38.6 Å². The van der Waals surface area contributed by atoms with Gasteiger partial charge in [0, 0.05) is 12.4 Å². The van der Waals surface area contributed by atoms with Crippen LogP contribution in [0.4, 0.5) is 0 Å². The zero-order valence-electron chi connectivity index (χ0n) is 7.62. The number of aliphatic hydroxyl groups is 1. The summed E-state index contributed by atoms with van der Waals surface area (Å²) < 4.78 is 0. The Hall–Kier alpha value is -0.830. The number of imidazole rings is 1. The predicted molar refractivity (Wildman–Crippen MR) is 47.6 cm³/mol. The Kier molecular flexibility index (Phi) is 3.29. The fraction of sp³-hybridized carbons (Fsp3) is 0.667. The Labute approximate surface area is 72.8 Å². The van der Waals surface area contributed by atoms with Crippen LogP contribution in [0.15, 0.2) is 12.4 Å². The van der Waals surface area contributed by atoms with E-state index < -0.39 is 6.10 Å². The molecule has 12 heavy (non-hydrogen) atoms. The van der Waals surface area contributed by atoms with Gasteiger partial charge in [-0.3, -0.25) is 0 Å². The highest BCUT2D eigenvalue weighted by Gasteiger charge is 2.18. The van der Waals surface area contributed by atoms with Crippen molar-refractivity contribution in [3.63, 3.8) is 0 Å². The van der Waals surface area contributed by atoms with Crippen LogP contribution in [0.3, 0.4) is 0 Å². The standard InChI is InChI=1S/C9H16N2O/c1-3-7(4-2)8(12)9-10-5-6-11-9/h5-8,12H,3-4H2,1-2H3,(H,10,11). The van der Waals surface area contributed by atoms with Crippen molar-refractivity contribution in [2.75, 3.05) is 0 Å². The quantitative estimate of drug-likeness (QED) is 0.721. The molecule has 2 N–H and O–H groups in total. The van der Waals surface area contributed by atoms with Crippen LogP contribution in [0.2, 0.25) is 0 Å². The van der Waals surface area contributed by atoms with Crippen molar-refractivity contribution in [2.45, 2.75) is 32.8 Å². The Bertz CT molecular complexity index is 204. The summed E-state index contributed by atoms with van der Waals surface area (Å²) in [5, 5.41) is 9.78. The van der Waals surface area contributed by atoms with E-state index in [4.69, 9.17) is 0 Å². The molecule has 68 valence electrons. The van der Waals surface area contributed by atoms with Crippen molar-refractivity contribution in [1.82, 2.24) is 9.97 Å². The van der Waals surface area contributed by atoms with Crippen LogP contribution < -0.4 is 0 Å². The van der Waals surface area contributed by atoms with E-state index in [2.05, 4.69) is 23.8 Å². The number of aliphatic hydroxyl groups excluding tert-OH is 1. The Morgan fingerprint density at radius 2 is 2.17 bits per heavy atom. The lowest BCUT2D eigenvalue weighted by Crippen LogP contribution is -2.12. The second kappa shape index (κ2) is 4.26. The number of nitrogens with zero attached hydrogens (tertiary/aromatic N) is 1. The largest absolute Gasteiger partial charge is 0.385 e. The average Bonchev–Trinajstić information content (AvgIpc) is 2.58. The summed E-state index contributed by atoms with van der Waals surface area (Å²) in [6.45, 7) is 4.17. The van der Waals surface area contributed by atoms with E-state index in [1.54, 1.807) is 12.4 Å². The van der Waals surface area contributed by atoms with Crippen molar-refractivity contribution in [3.8, 4) is 0 Å². The van der Waals surface area contributed by atoms with Gasteiger partial charge in [-0.15, -0.1) is 0 Å². The van der Waals surface area contributed by atoms with Crippen LogP contribution in [0.5, 0.6) is 0 Å². The third kappa shape index (κ3) is 1.85. The highest BCUT2D eigenvalue weighted by Crippen LogP contribution is 2.24. The summed E-state index contributed by atoms with van der Waals surface area (Å²) in [5.41, 5.74) is 0. The molecule has 0 spiro atoms. The molecule has 3 nitrogen and oxygen atoms in total. The lowest BCUT2D eigenvalue weighted by Gasteiger charge is -2.17. The summed E-state index contributed by atoms with van der Waals surface area (Å²) in [7, 11) is 0. The number of hydrogen-bond acceptors (Lipinski definition) is 2. The number of hydrogen-bond donors (Lipinski definition) is 2. The first-order valence-electron chi connectivity index (χ1n) is 4.46. The van der Waals surface area contributed by atoms with Gasteiger partial charge in [-0.05, 0) is 5.92 Å². The van der Waals surface area contributed by atoms with E-state index in [1.807, 2.05) is 0 Å². The summed E-state index contributed by atoms with van der Waals surface area (Å²) in [5.74, 6) is 1.000. The van der Waals surface area contributed by atoms with Crippen LogP contribution >= 0.6 is 0 Å². The molecule has 0 aliphatic carbocycles. The molecule has 0 fully saturated rings. The van der Waals surface area contributed by atoms with Crippen LogP contribution in [-0.2, 0) is 0 Å². The van der Waals surface area contributed by atoms with Gasteiger partial charge < -0.3 is 10.1 Å². The monoisotopic (exact) mass is 168 g/mol. The van der Waals surface area contributed by atoms with Crippen molar-refractivity contribution >= 4 is 0 Å². The van der Waals surface area contributed by atoms with Gasteiger partial charge in [0.1, 0.15) is 11.9 Å². The second-order valence-electron chi connectivity index (χ2n) is 3.00. The Morgan fingerprint density at radius 1 is 1.50 bits per heavy atom. The second-order valence-corrected chi connectivity index (χ2v) is 3.00. The number of aromatic amines is 1. The first-order valence-corrected chi connectivity index (χ1v) is 4.46. The molecule has 1 aromatic rings. The fourth-order valence-corrected chi connectivity index (χ4v) is 1.40. The van der Waals surface area contributed by atoms with E-state index in [0.717, 1.165) is 12.8 Å². The maximum Gasteiger partial charge on any atom is 0.135 e. The van der Waals surface area contributed by atoms with Gasteiger partial charge in [-0.2, -0.15) is 0 Å². The number of aromatic nitrogens is 2. The molecule has 0 amide bonds. The average molecular weight is 168 g/mol. The van der Waals surface area contributed by atoms with E-state index in [0.29, 0.717) is 11.7 Å². The summed E-state index contributed by atoms with van der Waals surface area (Å²) in [6, 6.07) is 0. The molecule has 1 rings (SSSR count). The number of nitrogens with one attached hydrogen (secondary N) is 1. The third-order valence-corrected chi connectivity index (χ3v) is 2.29. The fourth-order valence-electron chi connectivity index (χ4n) is 1.40. The van der Waals surface area contributed by atoms with Gasteiger partial charge in [0.25, 0.3) is 0 Å². The number of rotatable bonds is 4. The van der Waals surface area contributed by atoms with Gasteiger partial charge in [0.2, 0.25) is 0 Å². The molecule has 0 aliphatic heterocycles. The van der Waals surface area contributed by atoms with Crippen LogP contribution in [0.25, 0.3) is 0 Å². The van der Waals surface area contributed by atoms with Crippen LogP contribution in [-0.4, -0.2) is 15.1 Å². The Morgan fingerprint density at radius 3 is 2.58 bits per heavy atom. The molecule has 1 unspecified atom stereocenters. The van der Waals surface area contributed by atoms with Crippen molar-refractivity contribution in [1.29, 1.82) is 0 Å². The Balaban J connectivity index is 2.63. The lowest BCUT2D eigenvalue weighted by molar-refractivity contribution is 0.0955. The van der Waals surface area contributed by atoms with Crippen molar-refractivity contribution in [2.24, 2.45) is 5.92 Å². The minimum Gasteiger partial charge on any atom is -0.385 e. The molecule has 0 saturated carbocycles. The third-order valence-electron chi connectivity index (χ3n) is 2.29. The van der Waals surface area contributed by atoms with Crippen molar-refractivity contribution < 1.29 is 5.11 Å². The predicted octanol–water partition coefficient (Wildman–Crippen LogP) is 1.88. The van der Waals surface area contributed by atoms with Gasteiger partial charge in [-0.1, -0.05) is 26.7 Å². The first-order chi connectivity index (χ1) is 5.79. The molecule has 0 radical (unpaired) electrons. The zero-order chi connectivity index (χ0) is 8.97. The molecule has 0 aromatic carbocycles. The van der Waals surface area contributed by atoms with Gasteiger partial charge in [-0.25, -0.2) is 4.98 Å². The summed E-state index contributed by atoms with van der Waals surface area (Å²) in [6.07, 6.45) is 4.94. The van der Waals surface area contributed by atoms with Gasteiger partial charge in [0.15, 0.2) is 0 Å². The smallest absolute Gasteiger partial charge is 0.135 e. The minimum atomic E-state index is -0.435. The van der Waals surface area contributed by atoms with E-state index in [-0.39, 0.29) is 0 Å². The van der Waals surface area contributed by atoms with Crippen LogP contribution in [0, 0.1) is 5.92 Å². The highest BCUT2D eigenvalue weighted by molar-refractivity contribution is 4.93. The molecule has 1 aromatic heterocycles. The molecule has 0 bridgehead atoms. The number of H-pyrrole nitrogens is 1. The van der Waals surface area contributed by atoms with E-state index in [1.165, 1.54) is 0 Å². The molecule has 1 atom stereocenters. The molecule has 0 saturated heterocycles. The van der Waals surface area contributed by atoms with Gasteiger partial charge in [0.05, 0.1) is 0 Å². The lowest BCUT2D eigenvalue weighted by atomic mass is 9.96. The molecular weight excluding hydrogens is 152 g/mol. The molecule has 3 heteroatoms. The maximum atomic E-state index is 9.78. The minimum absolute atomic E-state index is 0.316. The topological polar surface area (TPSA) is 48.9 Å². The van der Waals surface area contributed by atoms with Gasteiger partial charge >= 0.3 is 0 Å². The van der Waals surface area contributed by atoms with E-state index in [9.17, 15) is 5.11 Å². The molecule has 1 heterocycles. The zero-order valence-corrected chi connectivity index (χ0v) is 7.62. The summed E-state index contributed by atoms with van der Waals surface area (Å²) in [4.78, 5) is 6.95. The summed E-state index contributed by atoms with van der Waals surface area (Å²) >= 11 is 0. The normalized spacial score (nSPS) is 13.7. The van der Waals surface area contributed by atoms with Crippen molar-refractivity contribution in [3.05, 3.63) is 18.2 Å².